The number of anilines is 1. The summed E-state index contributed by atoms with van der Waals surface area (Å²) in [5.41, 5.74) is 1.72. The molecule has 1 unspecified atom stereocenters. The van der Waals surface area contributed by atoms with E-state index in [2.05, 4.69) is 27.5 Å². The molecule has 1 fully saturated rings. The first kappa shape index (κ1) is 17.2. The van der Waals surface area contributed by atoms with Gasteiger partial charge in [-0.05, 0) is 42.1 Å². The van der Waals surface area contributed by atoms with Gasteiger partial charge in [0.1, 0.15) is 0 Å². The third kappa shape index (κ3) is 3.79. The fourth-order valence-corrected chi connectivity index (χ4v) is 4.38. The average molecular weight is 366 g/mol. The fraction of sp³-hybridized carbons (Fsp3) is 0.333. The van der Waals surface area contributed by atoms with E-state index >= 15 is 0 Å². The standard InChI is InChI=1S/C21H23N3OS/c1-15-6-5-11-24(12-15)13-17-14-26-21(22-17)23-20(25)19-10-4-8-16-7-2-3-9-18(16)19/h2-4,7-10,14-15H,5-6,11-13H2,1H3,(H,22,23,25). The minimum atomic E-state index is -0.103. The Morgan fingerprint density at radius 1 is 1.27 bits per heavy atom. The zero-order valence-corrected chi connectivity index (χ0v) is 15.8. The van der Waals surface area contributed by atoms with Crippen LogP contribution in [-0.2, 0) is 6.54 Å². The molecular formula is C21H23N3OS. The highest BCUT2D eigenvalue weighted by atomic mass is 32.1. The Labute approximate surface area is 157 Å². The number of hydrogen-bond acceptors (Lipinski definition) is 4. The normalized spacial score (nSPS) is 18.1. The summed E-state index contributed by atoms with van der Waals surface area (Å²) < 4.78 is 0. The number of likely N-dealkylation sites (tertiary alicyclic amines) is 1. The molecule has 3 aromatic rings. The van der Waals surface area contributed by atoms with Crippen molar-refractivity contribution in [3.05, 3.63) is 59.1 Å². The largest absolute Gasteiger partial charge is 0.298 e. The maximum Gasteiger partial charge on any atom is 0.258 e. The zero-order chi connectivity index (χ0) is 17.9. The molecule has 1 aliphatic rings. The van der Waals surface area contributed by atoms with Gasteiger partial charge < -0.3 is 0 Å². The van der Waals surface area contributed by atoms with Gasteiger partial charge in [-0.2, -0.15) is 0 Å². The molecule has 1 aromatic heterocycles. The average Bonchev–Trinajstić information content (AvgIpc) is 3.08. The lowest BCUT2D eigenvalue weighted by atomic mass is 10.0. The SMILES string of the molecule is CC1CCCN(Cc2csc(NC(=O)c3cccc4ccccc34)n2)C1. The van der Waals surface area contributed by atoms with Crippen LogP contribution in [0, 0.1) is 5.92 Å². The topological polar surface area (TPSA) is 45.2 Å². The molecule has 26 heavy (non-hydrogen) atoms. The molecule has 0 spiro atoms. The molecule has 0 saturated carbocycles. The molecule has 134 valence electrons. The van der Waals surface area contributed by atoms with Crippen molar-refractivity contribution >= 4 is 33.1 Å². The molecule has 1 saturated heterocycles. The second-order valence-corrected chi connectivity index (χ2v) is 7.97. The van der Waals surface area contributed by atoms with Crippen molar-refractivity contribution in [2.45, 2.75) is 26.3 Å². The number of hydrogen-bond donors (Lipinski definition) is 1. The number of carbonyl (C=O) groups is 1. The first-order chi connectivity index (χ1) is 12.7. The molecule has 4 nitrogen and oxygen atoms in total. The van der Waals surface area contributed by atoms with Crippen molar-refractivity contribution in [2.75, 3.05) is 18.4 Å². The van der Waals surface area contributed by atoms with Crippen LogP contribution in [-0.4, -0.2) is 28.9 Å². The number of aromatic nitrogens is 1. The maximum absolute atomic E-state index is 12.7. The number of piperidine rings is 1. The van der Waals surface area contributed by atoms with Gasteiger partial charge in [-0.25, -0.2) is 4.98 Å². The highest BCUT2D eigenvalue weighted by Crippen LogP contribution is 2.23. The highest BCUT2D eigenvalue weighted by Gasteiger charge is 2.18. The molecule has 1 aliphatic heterocycles. The smallest absolute Gasteiger partial charge is 0.258 e. The lowest BCUT2D eigenvalue weighted by Crippen LogP contribution is -2.33. The number of nitrogens with one attached hydrogen (secondary N) is 1. The zero-order valence-electron chi connectivity index (χ0n) is 14.9. The Hall–Kier alpha value is -2.24. The van der Waals surface area contributed by atoms with E-state index < -0.39 is 0 Å². The highest BCUT2D eigenvalue weighted by molar-refractivity contribution is 7.14. The van der Waals surface area contributed by atoms with Crippen LogP contribution in [0.3, 0.4) is 0 Å². The van der Waals surface area contributed by atoms with Crippen LogP contribution in [0.1, 0.15) is 35.8 Å². The summed E-state index contributed by atoms with van der Waals surface area (Å²) >= 11 is 1.50. The second-order valence-electron chi connectivity index (χ2n) is 7.11. The van der Waals surface area contributed by atoms with Crippen LogP contribution < -0.4 is 5.32 Å². The van der Waals surface area contributed by atoms with E-state index in [4.69, 9.17) is 0 Å². The van der Waals surface area contributed by atoms with Crippen molar-refractivity contribution in [1.29, 1.82) is 0 Å². The van der Waals surface area contributed by atoms with Crippen molar-refractivity contribution in [2.24, 2.45) is 5.92 Å². The molecule has 2 heterocycles. The molecule has 0 radical (unpaired) electrons. The Morgan fingerprint density at radius 2 is 2.12 bits per heavy atom. The van der Waals surface area contributed by atoms with E-state index in [1.807, 2.05) is 42.5 Å². The van der Waals surface area contributed by atoms with E-state index in [1.165, 1.54) is 24.2 Å². The molecule has 2 aromatic carbocycles. The molecule has 1 N–H and O–H groups in total. The summed E-state index contributed by atoms with van der Waals surface area (Å²) in [5, 5.41) is 7.72. The van der Waals surface area contributed by atoms with Gasteiger partial charge >= 0.3 is 0 Å². The van der Waals surface area contributed by atoms with Crippen molar-refractivity contribution < 1.29 is 4.79 Å². The quantitative estimate of drug-likeness (QED) is 0.724. The lowest BCUT2D eigenvalue weighted by molar-refractivity contribution is 0.102. The molecular weight excluding hydrogens is 342 g/mol. The van der Waals surface area contributed by atoms with Gasteiger partial charge in [0.25, 0.3) is 5.91 Å². The number of benzene rings is 2. The maximum atomic E-state index is 12.7. The van der Waals surface area contributed by atoms with Gasteiger partial charge in [0.2, 0.25) is 0 Å². The van der Waals surface area contributed by atoms with Crippen LogP contribution in [0.15, 0.2) is 47.8 Å². The van der Waals surface area contributed by atoms with Crippen LogP contribution in [0.4, 0.5) is 5.13 Å². The molecule has 4 rings (SSSR count). The fourth-order valence-electron chi connectivity index (χ4n) is 3.68. The van der Waals surface area contributed by atoms with Crippen molar-refractivity contribution in [1.82, 2.24) is 9.88 Å². The van der Waals surface area contributed by atoms with Crippen LogP contribution in [0.25, 0.3) is 10.8 Å². The molecule has 0 aliphatic carbocycles. The number of nitrogens with zero attached hydrogens (tertiary/aromatic N) is 2. The van der Waals surface area contributed by atoms with Crippen LogP contribution in [0.2, 0.25) is 0 Å². The van der Waals surface area contributed by atoms with Gasteiger partial charge in [0.15, 0.2) is 5.13 Å². The number of fused-ring (bicyclic) bond motifs is 1. The van der Waals surface area contributed by atoms with Gasteiger partial charge in [0.05, 0.1) is 5.69 Å². The lowest BCUT2D eigenvalue weighted by Gasteiger charge is -2.30. The van der Waals surface area contributed by atoms with Gasteiger partial charge in [-0.3, -0.25) is 15.0 Å². The van der Waals surface area contributed by atoms with Gasteiger partial charge in [-0.1, -0.05) is 43.3 Å². The third-order valence-corrected chi connectivity index (χ3v) is 5.74. The van der Waals surface area contributed by atoms with E-state index in [9.17, 15) is 4.79 Å². The number of rotatable bonds is 4. The van der Waals surface area contributed by atoms with Crippen molar-refractivity contribution in [3.63, 3.8) is 0 Å². The molecule has 1 atom stereocenters. The second kappa shape index (κ2) is 7.56. The molecule has 0 bridgehead atoms. The predicted molar refractivity (Wildman–Crippen MR) is 108 cm³/mol. The third-order valence-electron chi connectivity index (χ3n) is 4.93. The Bertz CT molecular complexity index is 915. The summed E-state index contributed by atoms with van der Waals surface area (Å²) in [6.07, 6.45) is 2.58. The predicted octanol–water partition coefficient (Wildman–Crippen LogP) is 4.78. The monoisotopic (exact) mass is 365 g/mol. The summed E-state index contributed by atoms with van der Waals surface area (Å²) in [6.45, 7) is 5.45. The van der Waals surface area contributed by atoms with Gasteiger partial charge in [-0.15, -0.1) is 11.3 Å². The van der Waals surface area contributed by atoms with E-state index in [0.717, 1.165) is 42.0 Å². The van der Waals surface area contributed by atoms with Crippen LogP contribution in [0.5, 0.6) is 0 Å². The summed E-state index contributed by atoms with van der Waals surface area (Å²) in [5.74, 6) is 0.655. The Morgan fingerprint density at radius 3 is 3.00 bits per heavy atom. The number of carbonyl (C=O) groups excluding carboxylic acids is 1. The first-order valence-electron chi connectivity index (χ1n) is 9.15. The number of thiazole rings is 1. The van der Waals surface area contributed by atoms with E-state index in [1.54, 1.807) is 0 Å². The van der Waals surface area contributed by atoms with Crippen molar-refractivity contribution in [3.8, 4) is 0 Å². The molecule has 1 amide bonds. The number of amides is 1. The summed E-state index contributed by atoms with van der Waals surface area (Å²) in [6, 6.07) is 13.7. The van der Waals surface area contributed by atoms with Crippen LogP contribution >= 0.6 is 11.3 Å². The minimum absolute atomic E-state index is 0.103. The van der Waals surface area contributed by atoms with E-state index in [-0.39, 0.29) is 5.91 Å². The first-order valence-corrected chi connectivity index (χ1v) is 10.0. The van der Waals surface area contributed by atoms with Gasteiger partial charge in [0, 0.05) is 24.0 Å². The molecule has 5 heteroatoms. The van der Waals surface area contributed by atoms with E-state index in [0.29, 0.717) is 10.7 Å². The summed E-state index contributed by atoms with van der Waals surface area (Å²) in [4.78, 5) is 19.8. The summed E-state index contributed by atoms with van der Waals surface area (Å²) in [7, 11) is 0. The minimum Gasteiger partial charge on any atom is -0.298 e. The Kier molecular flexibility index (Phi) is 5.00. The Balaban J connectivity index is 1.46.